The Hall–Kier alpha value is -4.36. The first kappa shape index (κ1) is 33.5. The number of thiazole rings is 1. The summed E-state index contributed by atoms with van der Waals surface area (Å²) in [6.07, 6.45) is 0. The molecule has 10 nitrogen and oxygen atoms in total. The number of rotatable bonds is 12. The molecular formula is C33H38N4O6SSi. The zero-order valence-corrected chi connectivity index (χ0v) is 27.5. The Morgan fingerprint density at radius 2 is 1.53 bits per heavy atom. The highest BCUT2D eigenvalue weighted by Gasteiger charge is 2.51. The Bertz CT molecular complexity index is 1570. The third-order valence-electron chi connectivity index (χ3n) is 7.64. The van der Waals surface area contributed by atoms with E-state index in [0.29, 0.717) is 10.7 Å². The van der Waals surface area contributed by atoms with E-state index in [1.54, 1.807) is 29.6 Å². The molecular weight excluding hydrogens is 609 g/mol. The van der Waals surface area contributed by atoms with Gasteiger partial charge in [0.25, 0.3) is 14.2 Å². The van der Waals surface area contributed by atoms with Gasteiger partial charge in [-0.3, -0.25) is 9.59 Å². The Kier molecular flexibility index (Phi) is 10.6. The Balaban J connectivity index is 1.73. The van der Waals surface area contributed by atoms with Gasteiger partial charge in [0.15, 0.2) is 0 Å². The Morgan fingerprint density at radius 3 is 2.02 bits per heavy atom. The van der Waals surface area contributed by atoms with Crippen LogP contribution >= 0.6 is 11.3 Å². The monoisotopic (exact) mass is 646 g/mol. The molecule has 0 bridgehead atoms. The number of aliphatic carboxylic acids is 1. The topological polar surface area (TPSA) is 155 Å². The van der Waals surface area contributed by atoms with Crippen LogP contribution in [0.25, 0.3) is 10.6 Å². The molecule has 4 rings (SSSR count). The van der Waals surface area contributed by atoms with Crippen LogP contribution in [0.1, 0.15) is 31.3 Å². The van der Waals surface area contributed by atoms with E-state index in [0.717, 1.165) is 15.9 Å². The fourth-order valence-corrected chi connectivity index (χ4v) is 10.6. The van der Waals surface area contributed by atoms with Crippen molar-refractivity contribution in [1.29, 1.82) is 0 Å². The number of likely N-dealkylation sites (N-methyl/N-ethyl adjacent to an activating group) is 1. The summed E-state index contributed by atoms with van der Waals surface area (Å²) in [5.41, 5.74) is 7.31. The van der Waals surface area contributed by atoms with Gasteiger partial charge in [-0.15, -0.1) is 11.3 Å². The molecule has 0 spiro atoms. The van der Waals surface area contributed by atoms with E-state index in [1.807, 2.05) is 60.7 Å². The summed E-state index contributed by atoms with van der Waals surface area (Å²) >= 11 is 1.27. The van der Waals surface area contributed by atoms with Gasteiger partial charge in [-0.05, 0) is 39.7 Å². The molecule has 0 aliphatic heterocycles. The maximum atomic E-state index is 13.8. The summed E-state index contributed by atoms with van der Waals surface area (Å²) in [7, 11) is -1.68. The molecule has 236 valence electrons. The molecule has 12 heteroatoms. The normalized spacial score (nSPS) is 13.1. The fourth-order valence-electron chi connectivity index (χ4n) is 5.23. The van der Waals surface area contributed by atoms with Crippen molar-refractivity contribution in [3.63, 3.8) is 0 Å². The molecule has 2 atom stereocenters. The zero-order valence-electron chi connectivity index (χ0n) is 25.6. The molecule has 3 aromatic carbocycles. The number of hydrogen-bond donors (Lipinski definition) is 4. The lowest BCUT2D eigenvalue weighted by Crippen LogP contribution is -2.68. The number of benzene rings is 3. The lowest BCUT2D eigenvalue weighted by molar-refractivity contribution is -0.143. The molecule has 1 heterocycles. The van der Waals surface area contributed by atoms with Crippen LogP contribution in [0, 0.1) is 0 Å². The van der Waals surface area contributed by atoms with Crippen molar-refractivity contribution in [2.24, 2.45) is 0 Å². The predicted molar refractivity (Wildman–Crippen MR) is 178 cm³/mol. The fraction of sp³-hybridized carbons (Fsp3) is 0.273. The summed E-state index contributed by atoms with van der Waals surface area (Å²) in [5, 5.41) is 25.3. The molecule has 2 amide bonds. The standard InChI is InChI=1S/C33H38N4O6SSi/c1-33(2,3)45(24-11-7-5-8-12-24,25-13-9-6-10-14-25)43-20-28(29(39)35-26(19-38)32(41)42)37(4)31(40)27-21-44-30(36-27)22-15-17-23(34)18-16-22/h5-18,21,26,28,38H,19-20,34H2,1-4H3,(H,35,39)(H,41,42)/t26-,28-/m0/s1. The van der Waals surface area contributed by atoms with Crippen molar-refractivity contribution in [2.75, 3.05) is 26.0 Å². The summed E-state index contributed by atoms with van der Waals surface area (Å²) in [6.45, 7) is 5.20. The first-order valence-corrected chi connectivity index (χ1v) is 17.2. The van der Waals surface area contributed by atoms with Crippen LogP contribution in [0.15, 0.2) is 90.3 Å². The third-order valence-corrected chi connectivity index (χ3v) is 13.5. The number of nitrogens with one attached hydrogen (secondary N) is 1. The van der Waals surface area contributed by atoms with Crippen molar-refractivity contribution in [3.05, 3.63) is 96.0 Å². The van der Waals surface area contributed by atoms with Gasteiger partial charge in [0.2, 0.25) is 5.91 Å². The minimum absolute atomic E-state index is 0.120. The van der Waals surface area contributed by atoms with Gasteiger partial charge in [0.1, 0.15) is 22.8 Å². The minimum Gasteiger partial charge on any atom is -0.480 e. The average Bonchev–Trinajstić information content (AvgIpc) is 3.52. The molecule has 0 saturated heterocycles. The largest absolute Gasteiger partial charge is 0.480 e. The first-order valence-electron chi connectivity index (χ1n) is 14.4. The summed E-state index contributed by atoms with van der Waals surface area (Å²) < 4.78 is 6.96. The second-order valence-corrected chi connectivity index (χ2v) is 16.8. The molecule has 0 aliphatic carbocycles. The molecule has 4 aromatic rings. The number of carboxylic acid groups (broad SMARTS) is 1. The Labute approximate surface area is 267 Å². The lowest BCUT2D eigenvalue weighted by atomic mass is 10.2. The van der Waals surface area contributed by atoms with Crippen LogP contribution in [0.3, 0.4) is 0 Å². The highest BCUT2D eigenvalue weighted by molar-refractivity contribution is 7.13. The summed E-state index contributed by atoms with van der Waals surface area (Å²) in [6, 6.07) is 23.9. The van der Waals surface area contributed by atoms with Crippen LogP contribution in [-0.2, 0) is 14.0 Å². The van der Waals surface area contributed by atoms with Gasteiger partial charge in [0, 0.05) is 23.7 Å². The maximum Gasteiger partial charge on any atom is 0.328 e. The molecule has 0 fully saturated rings. The Morgan fingerprint density at radius 1 is 0.978 bits per heavy atom. The number of aromatic nitrogens is 1. The molecule has 0 radical (unpaired) electrons. The smallest absolute Gasteiger partial charge is 0.328 e. The van der Waals surface area contributed by atoms with Crippen LogP contribution in [-0.4, -0.2) is 78.5 Å². The van der Waals surface area contributed by atoms with Crippen molar-refractivity contribution in [2.45, 2.75) is 37.9 Å². The third kappa shape index (κ3) is 7.31. The van der Waals surface area contributed by atoms with Crippen LogP contribution < -0.4 is 21.4 Å². The maximum absolute atomic E-state index is 13.8. The molecule has 0 saturated carbocycles. The SMILES string of the molecule is CN(C(=O)c1csc(-c2ccc(N)cc2)n1)[C@@H](CO[Si](c1ccccc1)(c1ccccc1)C(C)(C)C)C(=O)N[C@@H](CO)C(=O)O. The zero-order chi connectivity index (χ0) is 32.8. The summed E-state index contributed by atoms with van der Waals surface area (Å²) in [5.74, 6) is -2.73. The van der Waals surface area contributed by atoms with Gasteiger partial charge in [-0.2, -0.15) is 0 Å². The number of aliphatic hydroxyl groups is 1. The van der Waals surface area contributed by atoms with E-state index in [2.05, 4.69) is 31.1 Å². The molecule has 1 aromatic heterocycles. The van der Waals surface area contributed by atoms with Crippen molar-refractivity contribution in [1.82, 2.24) is 15.2 Å². The molecule has 0 aliphatic rings. The number of anilines is 1. The van der Waals surface area contributed by atoms with E-state index in [4.69, 9.17) is 10.2 Å². The number of amides is 2. The second-order valence-electron chi connectivity index (χ2n) is 11.6. The number of carbonyl (C=O) groups excluding carboxylic acids is 2. The van der Waals surface area contributed by atoms with Crippen LogP contribution in [0.4, 0.5) is 5.69 Å². The van der Waals surface area contributed by atoms with Crippen molar-refractivity contribution >= 4 is 53.5 Å². The number of nitrogens with zero attached hydrogens (tertiary/aromatic N) is 2. The van der Waals surface area contributed by atoms with E-state index in [-0.39, 0.29) is 12.3 Å². The quantitative estimate of drug-likeness (QED) is 0.135. The van der Waals surface area contributed by atoms with Crippen molar-refractivity contribution < 1.29 is 29.0 Å². The number of carbonyl (C=O) groups is 3. The molecule has 45 heavy (non-hydrogen) atoms. The number of hydrogen-bond acceptors (Lipinski definition) is 8. The highest BCUT2D eigenvalue weighted by atomic mass is 32.1. The minimum atomic E-state index is -3.14. The molecule has 5 N–H and O–H groups in total. The van der Waals surface area contributed by atoms with Gasteiger partial charge < -0.3 is 30.6 Å². The second kappa shape index (κ2) is 14.2. The molecule has 0 unspecified atom stereocenters. The number of carboxylic acids is 1. The first-order chi connectivity index (χ1) is 21.4. The van der Waals surface area contributed by atoms with Gasteiger partial charge >= 0.3 is 5.97 Å². The number of nitrogens with two attached hydrogens (primary N) is 1. The van der Waals surface area contributed by atoms with E-state index < -0.39 is 49.8 Å². The van der Waals surface area contributed by atoms with Gasteiger partial charge in [-0.25, -0.2) is 9.78 Å². The van der Waals surface area contributed by atoms with Crippen LogP contribution in [0.2, 0.25) is 5.04 Å². The van der Waals surface area contributed by atoms with E-state index >= 15 is 0 Å². The summed E-state index contributed by atoms with van der Waals surface area (Å²) in [4.78, 5) is 44.9. The van der Waals surface area contributed by atoms with Crippen molar-refractivity contribution in [3.8, 4) is 10.6 Å². The van der Waals surface area contributed by atoms with E-state index in [9.17, 15) is 24.6 Å². The average molecular weight is 647 g/mol. The predicted octanol–water partition coefficient (Wildman–Crippen LogP) is 2.97. The lowest BCUT2D eigenvalue weighted by Gasteiger charge is -2.44. The van der Waals surface area contributed by atoms with E-state index in [1.165, 1.54) is 23.3 Å². The highest BCUT2D eigenvalue weighted by Crippen LogP contribution is 2.37. The van der Waals surface area contributed by atoms with Crippen LogP contribution in [0.5, 0.6) is 0 Å². The number of nitrogen functional groups attached to an aromatic ring is 1. The number of aliphatic hydroxyl groups excluding tert-OH is 1. The van der Waals surface area contributed by atoms with Gasteiger partial charge in [-0.1, -0.05) is 81.4 Å². The van der Waals surface area contributed by atoms with Gasteiger partial charge in [0.05, 0.1) is 13.2 Å².